The molecule has 0 atom stereocenters. The van der Waals surface area contributed by atoms with E-state index in [2.05, 4.69) is 18.3 Å². The van der Waals surface area contributed by atoms with Crippen molar-refractivity contribution >= 4 is 0 Å². The minimum atomic E-state index is 0.533. The van der Waals surface area contributed by atoms with E-state index < -0.39 is 0 Å². The van der Waals surface area contributed by atoms with E-state index in [0.29, 0.717) is 12.0 Å². The zero-order chi connectivity index (χ0) is 13.0. The van der Waals surface area contributed by atoms with Gasteiger partial charge in [-0.05, 0) is 31.2 Å². The highest BCUT2D eigenvalue weighted by molar-refractivity contribution is 5.46. The maximum atomic E-state index is 5.58. The highest BCUT2D eigenvalue weighted by Crippen LogP contribution is 2.44. The highest BCUT2D eigenvalue weighted by Gasteiger charge is 2.36. The molecule has 1 aliphatic rings. The summed E-state index contributed by atoms with van der Waals surface area (Å²) < 4.78 is 11.0. The van der Waals surface area contributed by atoms with Crippen LogP contribution in [0.1, 0.15) is 32.3 Å². The number of hydrogen-bond donors (Lipinski definition) is 1. The Labute approximate surface area is 109 Å². The lowest BCUT2D eigenvalue weighted by molar-refractivity contribution is 0.308. The molecule has 0 aliphatic heterocycles. The molecule has 1 aromatic carbocycles. The molecule has 3 heteroatoms. The predicted octanol–water partition coefficient (Wildman–Crippen LogP) is 2.98. The van der Waals surface area contributed by atoms with Crippen molar-refractivity contribution in [1.29, 1.82) is 0 Å². The van der Waals surface area contributed by atoms with Gasteiger partial charge in [0.05, 0.1) is 13.7 Å². The summed E-state index contributed by atoms with van der Waals surface area (Å²) in [5.74, 6) is 1.68. The fraction of sp³-hybridized carbons (Fsp3) is 0.600. The molecule has 1 saturated carbocycles. The SMILES string of the molecule is CCOc1cccc(CNCC2(C)CC2)c1OC. The number of rotatable bonds is 7. The Bertz CT molecular complexity index is 399. The molecule has 18 heavy (non-hydrogen) atoms. The van der Waals surface area contributed by atoms with Crippen molar-refractivity contribution in [2.24, 2.45) is 5.41 Å². The molecule has 1 aliphatic carbocycles. The summed E-state index contributed by atoms with van der Waals surface area (Å²) in [6.07, 6.45) is 2.69. The van der Waals surface area contributed by atoms with E-state index in [1.165, 1.54) is 12.8 Å². The van der Waals surface area contributed by atoms with Crippen LogP contribution in [-0.2, 0) is 6.54 Å². The lowest BCUT2D eigenvalue weighted by Crippen LogP contribution is -2.21. The van der Waals surface area contributed by atoms with Crippen LogP contribution in [0.4, 0.5) is 0 Å². The van der Waals surface area contributed by atoms with Crippen molar-refractivity contribution in [3.8, 4) is 11.5 Å². The smallest absolute Gasteiger partial charge is 0.165 e. The Morgan fingerprint density at radius 2 is 2.11 bits per heavy atom. The van der Waals surface area contributed by atoms with Crippen LogP contribution in [0.3, 0.4) is 0 Å². The average Bonchev–Trinajstić information content (AvgIpc) is 3.08. The largest absolute Gasteiger partial charge is 0.493 e. The van der Waals surface area contributed by atoms with Crippen LogP contribution in [-0.4, -0.2) is 20.3 Å². The maximum Gasteiger partial charge on any atom is 0.165 e. The zero-order valence-corrected chi connectivity index (χ0v) is 11.6. The van der Waals surface area contributed by atoms with Gasteiger partial charge in [-0.2, -0.15) is 0 Å². The van der Waals surface area contributed by atoms with Gasteiger partial charge in [0.25, 0.3) is 0 Å². The van der Waals surface area contributed by atoms with Gasteiger partial charge < -0.3 is 14.8 Å². The van der Waals surface area contributed by atoms with E-state index in [1.54, 1.807) is 7.11 Å². The summed E-state index contributed by atoms with van der Waals surface area (Å²) in [5.41, 5.74) is 1.69. The van der Waals surface area contributed by atoms with E-state index in [0.717, 1.165) is 30.2 Å². The molecule has 0 radical (unpaired) electrons. The van der Waals surface area contributed by atoms with E-state index in [9.17, 15) is 0 Å². The second-order valence-corrected chi connectivity index (χ2v) is 5.30. The number of hydrogen-bond acceptors (Lipinski definition) is 3. The van der Waals surface area contributed by atoms with Crippen LogP contribution >= 0.6 is 0 Å². The van der Waals surface area contributed by atoms with E-state index >= 15 is 0 Å². The standard InChI is InChI=1S/C15H23NO2/c1-4-18-13-7-5-6-12(14(13)17-3)10-16-11-15(2)8-9-15/h5-7,16H,4,8-11H2,1-3H3. The highest BCUT2D eigenvalue weighted by atomic mass is 16.5. The average molecular weight is 249 g/mol. The quantitative estimate of drug-likeness (QED) is 0.806. The minimum absolute atomic E-state index is 0.533. The van der Waals surface area contributed by atoms with Gasteiger partial charge in [0.2, 0.25) is 0 Å². The number of nitrogens with one attached hydrogen (secondary N) is 1. The number of para-hydroxylation sites is 1. The molecule has 0 aromatic heterocycles. The number of methoxy groups -OCH3 is 1. The second kappa shape index (κ2) is 5.61. The summed E-state index contributed by atoms with van der Waals surface area (Å²) in [7, 11) is 1.70. The van der Waals surface area contributed by atoms with E-state index in [-0.39, 0.29) is 0 Å². The van der Waals surface area contributed by atoms with Gasteiger partial charge >= 0.3 is 0 Å². The second-order valence-electron chi connectivity index (χ2n) is 5.30. The van der Waals surface area contributed by atoms with Crippen LogP contribution in [0, 0.1) is 5.41 Å². The summed E-state index contributed by atoms with van der Waals surface area (Å²) in [5, 5.41) is 3.51. The van der Waals surface area contributed by atoms with Crippen LogP contribution < -0.4 is 14.8 Å². The first kappa shape index (κ1) is 13.2. The Hall–Kier alpha value is -1.22. The van der Waals surface area contributed by atoms with E-state index in [1.807, 2.05) is 19.1 Å². The topological polar surface area (TPSA) is 30.5 Å². The first-order chi connectivity index (χ1) is 8.68. The molecular weight excluding hydrogens is 226 g/mol. The normalized spacial score (nSPS) is 16.4. The molecule has 0 saturated heterocycles. The van der Waals surface area contributed by atoms with Gasteiger partial charge in [-0.15, -0.1) is 0 Å². The first-order valence-electron chi connectivity index (χ1n) is 6.68. The summed E-state index contributed by atoms with van der Waals surface area (Å²) in [4.78, 5) is 0. The third-order valence-corrected chi connectivity index (χ3v) is 3.54. The van der Waals surface area contributed by atoms with Gasteiger partial charge in [0.1, 0.15) is 0 Å². The van der Waals surface area contributed by atoms with Crippen LogP contribution in [0.2, 0.25) is 0 Å². The first-order valence-corrected chi connectivity index (χ1v) is 6.68. The summed E-state index contributed by atoms with van der Waals surface area (Å²) in [6.45, 7) is 6.88. The molecule has 0 spiro atoms. The molecule has 0 bridgehead atoms. The third kappa shape index (κ3) is 3.16. The van der Waals surface area contributed by atoms with Crippen molar-refractivity contribution in [3.05, 3.63) is 23.8 Å². The molecule has 1 fully saturated rings. The van der Waals surface area contributed by atoms with Crippen molar-refractivity contribution < 1.29 is 9.47 Å². The van der Waals surface area contributed by atoms with Crippen molar-refractivity contribution in [2.45, 2.75) is 33.2 Å². The zero-order valence-electron chi connectivity index (χ0n) is 11.6. The van der Waals surface area contributed by atoms with Crippen molar-refractivity contribution in [1.82, 2.24) is 5.32 Å². The monoisotopic (exact) mass is 249 g/mol. The van der Waals surface area contributed by atoms with Gasteiger partial charge in [0.15, 0.2) is 11.5 Å². The lowest BCUT2D eigenvalue weighted by Gasteiger charge is -2.15. The van der Waals surface area contributed by atoms with Crippen LogP contribution in [0.5, 0.6) is 11.5 Å². The molecule has 1 aromatic rings. The molecule has 2 rings (SSSR count). The Kier molecular flexibility index (Phi) is 4.12. The summed E-state index contributed by atoms with van der Waals surface area (Å²) >= 11 is 0. The van der Waals surface area contributed by atoms with Crippen LogP contribution in [0.15, 0.2) is 18.2 Å². The van der Waals surface area contributed by atoms with E-state index in [4.69, 9.17) is 9.47 Å². The maximum absolute atomic E-state index is 5.58. The fourth-order valence-corrected chi connectivity index (χ4v) is 2.09. The molecule has 0 heterocycles. The molecule has 1 N–H and O–H groups in total. The van der Waals surface area contributed by atoms with Gasteiger partial charge in [0, 0.05) is 18.7 Å². The molecule has 100 valence electrons. The Balaban J connectivity index is 1.99. The molecule has 0 unspecified atom stereocenters. The summed E-state index contributed by atoms with van der Waals surface area (Å²) in [6, 6.07) is 6.06. The molecule has 3 nitrogen and oxygen atoms in total. The number of benzene rings is 1. The fourth-order valence-electron chi connectivity index (χ4n) is 2.09. The van der Waals surface area contributed by atoms with Gasteiger partial charge in [-0.25, -0.2) is 0 Å². The van der Waals surface area contributed by atoms with Gasteiger partial charge in [-0.3, -0.25) is 0 Å². The minimum Gasteiger partial charge on any atom is -0.493 e. The van der Waals surface area contributed by atoms with Crippen molar-refractivity contribution in [3.63, 3.8) is 0 Å². The Morgan fingerprint density at radius 3 is 2.72 bits per heavy atom. The third-order valence-electron chi connectivity index (χ3n) is 3.54. The lowest BCUT2D eigenvalue weighted by atomic mass is 10.1. The molecule has 0 amide bonds. The van der Waals surface area contributed by atoms with Gasteiger partial charge in [-0.1, -0.05) is 19.1 Å². The number of ether oxygens (including phenoxy) is 2. The van der Waals surface area contributed by atoms with Crippen molar-refractivity contribution in [2.75, 3.05) is 20.3 Å². The molecular formula is C15H23NO2. The Morgan fingerprint density at radius 1 is 1.33 bits per heavy atom. The predicted molar refractivity (Wildman–Crippen MR) is 73.2 cm³/mol. The van der Waals surface area contributed by atoms with Crippen LogP contribution in [0.25, 0.3) is 0 Å².